The summed E-state index contributed by atoms with van der Waals surface area (Å²) in [4.78, 5) is 35.9. The van der Waals surface area contributed by atoms with E-state index in [4.69, 9.17) is 4.74 Å². The topological polar surface area (TPSA) is 131 Å². The fourth-order valence-electron chi connectivity index (χ4n) is 2.59. The molecule has 10 heteroatoms. The van der Waals surface area contributed by atoms with Crippen molar-refractivity contribution in [3.8, 4) is 0 Å². The first-order valence-electron chi connectivity index (χ1n) is 9.70. The van der Waals surface area contributed by atoms with Crippen molar-refractivity contribution in [1.82, 2.24) is 15.4 Å². The minimum Gasteiger partial charge on any atom is -0.449 e. The Morgan fingerprint density at radius 2 is 1.77 bits per heavy atom. The molecular formula is C21H23N3O6S. The zero-order chi connectivity index (χ0) is 22.4. The number of ether oxygens (including phenoxy) is 1. The van der Waals surface area contributed by atoms with Crippen LogP contribution >= 0.6 is 0 Å². The second-order valence-electron chi connectivity index (χ2n) is 7.12. The molecule has 2 aromatic rings. The molecule has 1 unspecified atom stereocenters. The van der Waals surface area contributed by atoms with Crippen molar-refractivity contribution in [2.75, 3.05) is 0 Å². The molecule has 0 radical (unpaired) electrons. The number of amides is 3. The maximum atomic E-state index is 12.6. The molecule has 0 bridgehead atoms. The molecule has 1 aliphatic carbocycles. The van der Waals surface area contributed by atoms with Crippen LogP contribution in [0.15, 0.2) is 59.5 Å². The van der Waals surface area contributed by atoms with Crippen molar-refractivity contribution in [2.24, 2.45) is 0 Å². The van der Waals surface area contributed by atoms with E-state index in [0.29, 0.717) is 0 Å². The van der Waals surface area contributed by atoms with E-state index in [0.717, 1.165) is 18.4 Å². The van der Waals surface area contributed by atoms with Crippen molar-refractivity contribution in [3.63, 3.8) is 0 Å². The lowest BCUT2D eigenvalue weighted by Gasteiger charge is -2.14. The molecule has 9 nitrogen and oxygen atoms in total. The Balaban J connectivity index is 1.59. The lowest BCUT2D eigenvalue weighted by atomic mass is 10.2. The van der Waals surface area contributed by atoms with Crippen LogP contribution in [0, 0.1) is 0 Å². The van der Waals surface area contributed by atoms with Crippen molar-refractivity contribution in [1.29, 1.82) is 0 Å². The zero-order valence-corrected chi connectivity index (χ0v) is 17.6. The number of imide groups is 1. The SMILES string of the molecule is CC(OC(=O)c1cccc(S(=O)(=O)NCc2ccccc2)c1)C(=O)NC(=O)NC1CC1. The molecular weight excluding hydrogens is 422 g/mol. The molecule has 164 valence electrons. The second-order valence-corrected chi connectivity index (χ2v) is 8.89. The molecule has 0 aliphatic heterocycles. The molecule has 1 fully saturated rings. The van der Waals surface area contributed by atoms with Crippen molar-refractivity contribution in [2.45, 2.75) is 43.4 Å². The smallest absolute Gasteiger partial charge is 0.338 e. The van der Waals surface area contributed by atoms with E-state index < -0.39 is 34.0 Å². The van der Waals surface area contributed by atoms with Crippen LogP contribution in [0.4, 0.5) is 4.79 Å². The molecule has 0 spiro atoms. The van der Waals surface area contributed by atoms with Crippen LogP contribution in [0.25, 0.3) is 0 Å². The first-order chi connectivity index (χ1) is 14.7. The van der Waals surface area contributed by atoms with Crippen LogP contribution in [0.2, 0.25) is 0 Å². The van der Waals surface area contributed by atoms with Crippen LogP contribution in [-0.4, -0.2) is 38.5 Å². The number of hydrogen-bond donors (Lipinski definition) is 3. The second kappa shape index (κ2) is 9.71. The molecule has 3 N–H and O–H groups in total. The summed E-state index contributed by atoms with van der Waals surface area (Å²) in [6.07, 6.45) is 0.492. The molecule has 0 saturated heterocycles. The number of urea groups is 1. The van der Waals surface area contributed by atoms with Gasteiger partial charge in [-0.2, -0.15) is 0 Å². The van der Waals surface area contributed by atoms with Crippen LogP contribution in [0.1, 0.15) is 35.7 Å². The normalized spacial score (nSPS) is 14.4. The van der Waals surface area contributed by atoms with Crippen molar-refractivity contribution < 1.29 is 27.5 Å². The molecule has 1 saturated carbocycles. The zero-order valence-electron chi connectivity index (χ0n) is 16.8. The summed E-state index contributed by atoms with van der Waals surface area (Å²) >= 11 is 0. The highest BCUT2D eigenvalue weighted by Gasteiger charge is 2.26. The van der Waals surface area contributed by atoms with Gasteiger partial charge in [-0.1, -0.05) is 36.4 Å². The maximum absolute atomic E-state index is 12.6. The number of carbonyl (C=O) groups excluding carboxylic acids is 3. The van der Waals surface area contributed by atoms with Gasteiger partial charge in [-0.25, -0.2) is 22.7 Å². The molecule has 1 aliphatic rings. The quantitative estimate of drug-likeness (QED) is 0.530. The number of nitrogens with one attached hydrogen (secondary N) is 3. The predicted molar refractivity (Wildman–Crippen MR) is 111 cm³/mol. The van der Waals surface area contributed by atoms with Gasteiger partial charge in [0.1, 0.15) is 0 Å². The van der Waals surface area contributed by atoms with E-state index in [1.807, 2.05) is 6.07 Å². The summed E-state index contributed by atoms with van der Waals surface area (Å²) in [5, 5.41) is 4.69. The first kappa shape index (κ1) is 22.4. The molecule has 0 aromatic heterocycles. The summed E-state index contributed by atoms with van der Waals surface area (Å²) < 4.78 is 32.6. The van der Waals surface area contributed by atoms with Gasteiger partial charge in [0, 0.05) is 12.6 Å². The van der Waals surface area contributed by atoms with Gasteiger partial charge < -0.3 is 10.1 Å². The molecule has 3 amide bonds. The molecule has 0 heterocycles. The van der Waals surface area contributed by atoms with E-state index >= 15 is 0 Å². The fraction of sp³-hybridized carbons (Fsp3) is 0.286. The molecule has 31 heavy (non-hydrogen) atoms. The number of carbonyl (C=O) groups is 3. The van der Waals surface area contributed by atoms with Crippen molar-refractivity contribution in [3.05, 3.63) is 65.7 Å². The van der Waals surface area contributed by atoms with Gasteiger partial charge in [-0.05, 0) is 43.5 Å². The molecule has 2 aromatic carbocycles. The van der Waals surface area contributed by atoms with E-state index in [1.54, 1.807) is 24.3 Å². The summed E-state index contributed by atoms with van der Waals surface area (Å²) in [5.41, 5.74) is 0.747. The average molecular weight is 445 g/mol. The Bertz CT molecular complexity index is 1070. The van der Waals surface area contributed by atoms with Gasteiger partial charge >= 0.3 is 12.0 Å². The third-order valence-electron chi connectivity index (χ3n) is 4.49. The molecule has 1 atom stereocenters. The van der Waals surface area contributed by atoms with Crippen LogP contribution in [0.3, 0.4) is 0 Å². The van der Waals surface area contributed by atoms with Crippen LogP contribution < -0.4 is 15.4 Å². The standard InChI is InChI=1S/C21H23N3O6S/c1-14(19(25)24-21(27)23-17-10-11-17)30-20(26)16-8-5-9-18(12-16)31(28,29)22-13-15-6-3-2-4-7-15/h2-9,12,14,17,22H,10-11,13H2,1H3,(H2,23,24,25,27). The van der Waals surface area contributed by atoms with E-state index in [-0.39, 0.29) is 23.0 Å². The van der Waals surface area contributed by atoms with Gasteiger partial charge in [-0.15, -0.1) is 0 Å². The van der Waals surface area contributed by atoms with E-state index in [1.165, 1.54) is 31.2 Å². The fourth-order valence-corrected chi connectivity index (χ4v) is 3.66. The number of hydrogen-bond acceptors (Lipinski definition) is 6. The van der Waals surface area contributed by atoms with Gasteiger partial charge in [0.2, 0.25) is 10.0 Å². The first-order valence-corrected chi connectivity index (χ1v) is 11.2. The number of esters is 1. The Labute approximate surface area is 180 Å². The van der Waals surface area contributed by atoms with Gasteiger partial charge in [0.05, 0.1) is 10.5 Å². The third-order valence-corrected chi connectivity index (χ3v) is 5.89. The van der Waals surface area contributed by atoms with Crippen LogP contribution in [0.5, 0.6) is 0 Å². The summed E-state index contributed by atoms with van der Waals surface area (Å²) in [6, 6.07) is 13.7. The summed E-state index contributed by atoms with van der Waals surface area (Å²) in [5.74, 6) is -1.66. The lowest BCUT2D eigenvalue weighted by Crippen LogP contribution is -2.45. The van der Waals surface area contributed by atoms with Gasteiger partial charge in [0.25, 0.3) is 5.91 Å². The Hall–Kier alpha value is -3.24. The minimum atomic E-state index is -3.87. The average Bonchev–Trinajstić information content (AvgIpc) is 3.57. The van der Waals surface area contributed by atoms with Crippen LogP contribution in [-0.2, 0) is 26.1 Å². The van der Waals surface area contributed by atoms with E-state index in [9.17, 15) is 22.8 Å². The highest BCUT2D eigenvalue weighted by Crippen LogP contribution is 2.18. The predicted octanol–water partition coefficient (Wildman–Crippen LogP) is 1.70. The Morgan fingerprint density at radius 3 is 2.45 bits per heavy atom. The molecule has 3 rings (SSSR count). The maximum Gasteiger partial charge on any atom is 0.338 e. The van der Waals surface area contributed by atoms with Gasteiger partial charge in [-0.3, -0.25) is 10.1 Å². The Kier molecular flexibility index (Phi) is 7.03. The highest BCUT2D eigenvalue weighted by molar-refractivity contribution is 7.89. The Morgan fingerprint density at radius 1 is 1.06 bits per heavy atom. The van der Waals surface area contributed by atoms with Gasteiger partial charge in [0.15, 0.2) is 6.10 Å². The number of benzene rings is 2. The lowest BCUT2D eigenvalue weighted by molar-refractivity contribution is -0.127. The summed E-state index contributed by atoms with van der Waals surface area (Å²) in [7, 11) is -3.87. The minimum absolute atomic E-state index is 0.0373. The number of sulfonamides is 1. The third kappa shape index (κ3) is 6.63. The largest absolute Gasteiger partial charge is 0.449 e. The van der Waals surface area contributed by atoms with E-state index in [2.05, 4.69) is 15.4 Å². The summed E-state index contributed by atoms with van der Waals surface area (Å²) in [6.45, 7) is 1.41. The number of rotatable bonds is 8. The monoisotopic (exact) mass is 445 g/mol. The van der Waals surface area contributed by atoms with Crippen molar-refractivity contribution >= 4 is 27.9 Å². The highest BCUT2D eigenvalue weighted by atomic mass is 32.2.